The zero-order valence-corrected chi connectivity index (χ0v) is 14.3. The predicted molar refractivity (Wildman–Crippen MR) is 90.1 cm³/mol. The van der Waals surface area contributed by atoms with Gasteiger partial charge in [-0.25, -0.2) is 4.57 Å². The Morgan fingerprint density at radius 3 is 2.44 bits per heavy atom. The molecule has 6 nitrogen and oxygen atoms in total. The summed E-state index contributed by atoms with van der Waals surface area (Å²) in [5.74, 6) is -0.768. The molecule has 0 aliphatic rings. The predicted octanol–water partition coefficient (Wildman–Crippen LogP) is 0.312. The number of benzene rings is 1. The van der Waals surface area contributed by atoms with Gasteiger partial charge in [-0.15, -0.1) is 0 Å². The maximum atomic E-state index is 11.0. The van der Waals surface area contributed by atoms with E-state index in [1.54, 1.807) is 24.3 Å². The minimum Gasteiger partial charge on any atom is -1.00 e. The first-order chi connectivity index (χ1) is 11.6. The van der Waals surface area contributed by atoms with Gasteiger partial charge >= 0.3 is 5.97 Å². The second-order valence-corrected chi connectivity index (χ2v) is 5.37. The third-order valence-corrected chi connectivity index (χ3v) is 3.56. The normalized spacial score (nSPS) is 10.4. The number of pyridine rings is 1. The van der Waals surface area contributed by atoms with E-state index in [0.717, 1.165) is 18.5 Å². The van der Waals surface area contributed by atoms with Crippen molar-refractivity contribution in [3.05, 3.63) is 70.0 Å². The number of halogens is 1. The van der Waals surface area contributed by atoms with Crippen LogP contribution in [0.15, 0.2) is 48.8 Å². The van der Waals surface area contributed by atoms with E-state index in [9.17, 15) is 14.9 Å². The summed E-state index contributed by atoms with van der Waals surface area (Å²) in [7, 11) is 0. The molecule has 0 radical (unpaired) electrons. The number of nitro groups is 1. The van der Waals surface area contributed by atoms with Gasteiger partial charge in [0, 0.05) is 31.0 Å². The van der Waals surface area contributed by atoms with Crippen molar-refractivity contribution in [3.8, 4) is 0 Å². The number of aromatic nitrogens is 1. The van der Waals surface area contributed by atoms with Crippen molar-refractivity contribution in [2.75, 3.05) is 0 Å². The molecule has 0 amide bonds. The molecule has 7 heteroatoms. The summed E-state index contributed by atoms with van der Waals surface area (Å²) in [5.41, 5.74) is 1.58. The van der Waals surface area contributed by atoms with Crippen LogP contribution in [0.3, 0.4) is 0 Å². The number of aliphatic carboxylic acids is 1. The second-order valence-electron chi connectivity index (χ2n) is 5.37. The van der Waals surface area contributed by atoms with Crippen molar-refractivity contribution in [1.82, 2.24) is 0 Å². The summed E-state index contributed by atoms with van der Waals surface area (Å²) >= 11 is 0. The summed E-state index contributed by atoms with van der Waals surface area (Å²) in [6.07, 6.45) is 9.04. The average Bonchev–Trinajstić information content (AvgIpc) is 2.58. The fraction of sp³-hybridized carbons (Fsp3) is 0.222. The van der Waals surface area contributed by atoms with Gasteiger partial charge in [0.05, 0.1) is 10.5 Å². The Bertz CT molecular complexity index is 745. The molecule has 2 aromatic rings. The highest BCUT2D eigenvalue weighted by molar-refractivity contribution is 5.73. The molecule has 0 saturated heterocycles. The van der Waals surface area contributed by atoms with Gasteiger partial charge in [0.2, 0.25) is 0 Å². The molecule has 0 spiro atoms. The first-order valence-corrected chi connectivity index (χ1v) is 7.68. The van der Waals surface area contributed by atoms with Gasteiger partial charge in [0.25, 0.3) is 5.69 Å². The lowest BCUT2D eigenvalue weighted by atomic mass is 10.1. The highest BCUT2D eigenvalue weighted by Crippen LogP contribution is 2.20. The van der Waals surface area contributed by atoms with Gasteiger partial charge in [0.1, 0.15) is 6.54 Å². The van der Waals surface area contributed by atoms with Gasteiger partial charge in [0.15, 0.2) is 12.4 Å². The van der Waals surface area contributed by atoms with Crippen molar-refractivity contribution in [2.24, 2.45) is 0 Å². The molecule has 25 heavy (non-hydrogen) atoms. The Morgan fingerprint density at radius 1 is 1.12 bits per heavy atom. The third kappa shape index (κ3) is 6.73. The molecule has 0 unspecified atom stereocenters. The Morgan fingerprint density at radius 2 is 1.80 bits per heavy atom. The van der Waals surface area contributed by atoms with Gasteiger partial charge in [-0.1, -0.05) is 18.2 Å². The molecule has 0 saturated carbocycles. The van der Waals surface area contributed by atoms with E-state index in [4.69, 9.17) is 5.11 Å². The Balaban J connectivity index is 0.00000312. The summed E-state index contributed by atoms with van der Waals surface area (Å²) in [6.45, 7) is 0.765. The number of unbranched alkanes of at least 4 members (excludes halogenated alkanes) is 1. The quantitative estimate of drug-likeness (QED) is 0.317. The van der Waals surface area contributed by atoms with Crippen LogP contribution in [-0.2, 0) is 11.3 Å². The number of hydrogen-bond acceptors (Lipinski definition) is 3. The van der Waals surface area contributed by atoms with Crippen molar-refractivity contribution < 1.29 is 31.8 Å². The van der Waals surface area contributed by atoms with Crippen LogP contribution in [0.1, 0.15) is 30.4 Å². The number of para-hydroxylation sites is 1. The van der Waals surface area contributed by atoms with E-state index >= 15 is 0 Å². The van der Waals surface area contributed by atoms with Gasteiger partial charge in [-0.3, -0.25) is 14.9 Å². The van der Waals surface area contributed by atoms with Crippen molar-refractivity contribution in [2.45, 2.75) is 25.8 Å². The maximum absolute atomic E-state index is 11.0. The largest absolute Gasteiger partial charge is 1.00 e. The Labute approximate surface area is 152 Å². The highest BCUT2D eigenvalue weighted by atomic mass is 35.5. The zero-order chi connectivity index (χ0) is 17.4. The zero-order valence-electron chi connectivity index (χ0n) is 13.5. The Kier molecular flexibility index (Phi) is 8.29. The number of nitrogens with zero attached hydrogens (tertiary/aromatic N) is 2. The van der Waals surface area contributed by atoms with Crippen LogP contribution in [0, 0.1) is 10.1 Å². The van der Waals surface area contributed by atoms with E-state index in [1.807, 2.05) is 35.2 Å². The fourth-order valence-corrected chi connectivity index (χ4v) is 2.28. The van der Waals surface area contributed by atoms with Crippen LogP contribution in [0.4, 0.5) is 5.69 Å². The number of carboxylic acids is 1. The highest BCUT2D eigenvalue weighted by Gasteiger charge is 2.09. The summed E-state index contributed by atoms with van der Waals surface area (Å²) in [5, 5.41) is 19.6. The molecule has 1 N–H and O–H groups in total. The number of aryl methyl sites for hydroxylation is 1. The molecule has 132 valence electrons. The smallest absolute Gasteiger partial charge is 0.303 e. The Hall–Kier alpha value is -2.73. The average molecular weight is 363 g/mol. The molecular weight excluding hydrogens is 344 g/mol. The van der Waals surface area contributed by atoms with Crippen LogP contribution < -0.4 is 17.0 Å². The molecule has 0 aliphatic heterocycles. The maximum Gasteiger partial charge on any atom is 0.303 e. The first kappa shape index (κ1) is 20.3. The van der Waals surface area contributed by atoms with Gasteiger partial charge < -0.3 is 17.5 Å². The van der Waals surface area contributed by atoms with Crippen molar-refractivity contribution >= 4 is 23.8 Å². The molecule has 0 fully saturated rings. The lowest BCUT2D eigenvalue weighted by Gasteiger charge is -1.98. The third-order valence-electron chi connectivity index (χ3n) is 3.56. The van der Waals surface area contributed by atoms with E-state index in [0.29, 0.717) is 12.0 Å². The van der Waals surface area contributed by atoms with E-state index in [2.05, 4.69) is 0 Å². The van der Waals surface area contributed by atoms with Gasteiger partial charge in [-0.2, -0.15) is 0 Å². The minimum atomic E-state index is -0.768. The summed E-state index contributed by atoms with van der Waals surface area (Å²) in [4.78, 5) is 21.0. The topological polar surface area (TPSA) is 84.3 Å². The van der Waals surface area contributed by atoms with Crippen molar-refractivity contribution in [3.63, 3.8) is 0 Å². The lowest BCUT2D eigenvalue weighted by molar-refractivity contribution is -0.697. The number of carbonyl (C=O) groups is 1. The molecule has 1 aromatic carbocycles. The van der Waals surface area contributed by atoms with E-state index < -0.39 is 10.9 Å². The molecule has 1 aromatic heterocycles. The molecule has 0 atom stereocenters. The van der Waals surface area contributed by atoms with E-state index in [1.165, 1.54) is 6.07 Å². The monoisotopic (exact) mass is 362 g/mol. The SMILES string of the molecule is O=C(O)CCCC[n+]1ccc(/C=C\c2ccccc2[N+](=O)[O-])cc1.[Cl-]. The van der Waals surface area contributed by atoms with Crippen LogP contribution in [0.5, 0.6) is 0 Å². The van der Waals surface area contributed by atoms with Crippen LogP contribution in [0.25, 0.3) is 12.2 Å². The van der Waals surface area contributed by atoms with Crippen LogP contribution in [-0.4, -0.2) is 16.0 Å². The second kappa shape index (κ2) is 10.2. The fourth-order valence-electron chi connectivity index (χ4n) is 2.28. The van der Waals surface area contributed by atoms with E-state index in [-0.39, 0.29) is 24.5 Å². The lowest BCUT2D eigenvalue weighted by Crippen LogP contribution is -3.00. The number of carboxylic acid groups (broad SMARTS) is 1. The molecule has 1 heterocycles. The minimum absolute atomic E-state index is 0. The summed E-state index contributed by atoms with van der Waals surface area (Å²) in [6, 6.07) is 10.4. The molecular formula is C18H19ClN2O4. The van der Waals surface area contributed by atoms with Crippen LogP contribution >= 0.6 is 0 Å². The molecule has 0 bridgehead atoms. The van der Waals surface area contributed by atoms with Gasteiger partial charge in [-0.05, 0) is 24.1 Å². The standard InChI is InChI=1S/C18H18N2O4.ClH/c21-18(22)7-3-4-12-19-13-10-15(11-14-19)8-9-16-5-1-2-6-17(16)20(23)24;/h1-2,5-6,8-11,13-14H,3-4,7,12H2;1H/b9-8-;. The van der Waals surface area contributed by atoms with Crippen LogP contribution in [0.2, 0.25) is 0 Å². The van der Waals surface area contributed by atoms with Crippen molar-refractivity contribution in [1.29, 1.82) is 0 Å². The molecule has 2 rings (SSSR count). The summed E-state index contributed by atoms with van der Waals surface area (Å²) < 4.78 is 1.99. The molecule has 0 aliphatic carbocycles. The first-order valence-electron chi connectivity index (χ1n) is 7.68. The number of nitro benzene ring substituents is 1. The number of rotatable bonds is 8. The number of hydrogen-bond donors (Lipinski definition) is 1.